The number of amides is 1. The van der Waals surface area contributed by atoms with Crippen LogP contribution in [0.1, 0.15) is 18.9 Å². The maximum absolute atomic E-state index is 13.0. The molecule has 0 saturated carbocycles. The average molecular weight is 291 g/mol. The summed E-state index contributed by atoms with van der Waals surface area (Å²) >= 11 is 0. The quantitative estimate of drug-likeness (QED) is 0.887. The van der Waals surface area contributed by atoms with E-state index in [1.807, 2.05) is 0 Å². The van der Waals surface area contributed by atoms with Gasteiger partial charge in [-0.3, -0.25) is 9.48 Å². The summed E-state index contributed by atoms with van der Waals surface area (Å²) in [7, 11) is 0. The average Bonchev–Trinajstić information content (AvgIpc) is 2.81. The van der Waals surface area contributed by atoms with Crippen LogP contribution >= 0.6 is 0 Å². The maximum Gasteiger partial charge on any atom is 0.411 e. The highest BCUT2D eigenvalue weighted by molar-refractivity contribution is 5.77. The molecule has 1 fully saturated rings. The standard InChI is InChI=1S/C12H16F3N3O2/c13-12(14,15)10(18-4-1-3-16-18)6-11(20)17-7-9(8-17)2-5-19/h1,3-4,9-10,19H,2,5-8H2. The van der Waals surface area contributed by atoms with Gasteiger partial charge in [-0.05, 0) is 18.4 Å². The van der Waals surface area contributed by atoms with Gasteiger partial charge in [0, 0.05) is 32.1 Å². The van der Waals surface area contributed by atoms with Gasteiger partial charge in [0.05, 0.1) is 6.42 Å². The van der Waals surface area contributed by atoms with E-state index in [-0.39, 0.29) is 12.5 Å². The third-order valence-corrected chi connectivity index (χ3v) is 3.44. The minimum atomic E-state index is -4.52. The molecule has 1 aromatic heterocycles. The van der Waals surface area contributed by atoms with Crippen molar-refractivity contribution in [2.24, 2.45) is 5.92 Å². The maximum atomic E-state index is 13.0. The predicted molar refractivity (Wildman–Crippen MR) is 63.7 cm³/mol. The first-order valence-corrected chi connectivity index (χ1v) is 6.36. The Kier molecular flexibility index (Phi) is 4.32. The lowest BCUT2D eigenvalue weighted by atomic mass is 9.96. The van der Waals surface area contributed by atoms with E-state index in [9.17, 15) is 18.0 Å². The van der Waals surface area contributed by atoms with E-state index in [0.717, 1.165) is 4.68 Å². The molecular formula is C12H16F3N3O2. The molecule has 0 radical (unpaired) electrons. The summed E-state index contributed by atoms with van der Waals surface area (Å²) in [6.45, 7) is 0.872. The SMILES string of the molecule is O=C(CC(n1cccn1)C(F)(F)F)N1CC(CCO)C1. The number of aromatic nitrogens is 2. The van der Waals surface area contributed by atoms with Crippen molar-refractivity contribution in [1.82, 2.24) is 14.7 Å². The number of rotatable bonds is 5. The smallest absolute Gasteiger partial charge is 0.396 e. The molecular weight excluding hydrogens is 275 g/mol. The number of hydrogen-bond donors (Lipinski definition) is 1. The van der Waals surface area contributed by atoms with E-state index in [4.69, 9.17) is 5.11 Å². The summed E-state index contributed by atoms with van der Waals surface area (Å²) in [4.78, 5) is 13.2. The molecule has 1 aliphatic heterocycles. The Morgan fingerprint density at radius 3 is 2.65 bits per heavy atom. The van der Waals surface area contributed by atoms with Crippen molar-refractivity contribution >= 4 is 5.91 Å². The van der Waals surface area contributed by atoms with Crippen molar-refractivity contribution in [2.45, 2.75) is 25.1 Å². The number of aliphatic hydroxyl groups excluding tert-OH is 1. The Balaban J connectivity index is 1.94. The zero-order chi connectivity index (χ0) is 14.8. The van der Waals surface area contributed by atoms with Crippen LogP contribution in [0.2, 0.25) is 0 Å². The Morgan fingerprint density at radius 2 is 2.15 bits per heavy atom. The van der Waals surface area contributed by atoms with Gasteiger partial charge in [-0.15, -0.1) is 0 Å². The highest BCUT2D eigenvalue weighted by Crippen LogP contribution is 2.34. The normalized spacial score (nSPS) is 17.9. The highest BCUT2D eigenvalue weighted by Gasteiger charge is 2.44. The molecule has 20 heavy (non-hydrogen) atoms. The van der Waals surface area contributed by atoms with Crippen molar-refractivity contribution in [2.75, 3.05) is 19.7 Å². The molecule has 0 bridgehead atoms. The van der Waals surface area contributed by atoms with Gasteiger partial charge in [-0.1, -0.05) is 0 Å². The number of carbonyl (C=O) groups is 1. The third kappa shape index (κ3) is 3.30. The molecule has 1 N–H and O–H groups in total. The van der Waals surface area contributed by atoms with E-state index in [0.29, 0.717) is 19.5 Å². The first-order chi connectivity index (χ1) is 9.41. The summed E-state index contributed by atoms with van der Waals surface area (Å²) in [5, 5.41) is 12.3. The van der Waals surface area contributed by atoms with E-state index >= 15 is 0 Å². The minimum absolute atomic E-state index is 0.0329. The van der Waals surface area contributed by atoms with Gasteiger partial charge in [0.15, 0.2) is 6.04 Å². The first-order valence-electron chi connectivity index (χ1n) is 6.36. The van der Waals surface area contributed by atoms with Crippen LogP contribution < -0.4 is 0 Å². The molecule has 2 heterocycles. The molecule has 2 rings (SSSR count). The first kappa shape index (κ1) is 14.8. The predicted octanol–water partition coefficient (Wildman–Crippen LogP) is 1.22. The van der Waals surface area contributed by atoms with Crippen molar-refractivity contribution in [3.63, 3.8) is 0 Å². The van der Waals surface area contributed by atoms with Gasteiger partial charge in [0.1, 0.15) is 0 Å². The Bertz CT molecular complexity index is 441. The van der Waals surface area contributed by atoms with Crippen molar-refractivity contribution in [1.29, 1.82) is 0 Å². The molecule has 0 aromatic carbocycles. The second-order valence-electron chi connectivity index (χ2n) is 4.92. The molecule has 1 unspecified atom stereocenters. The Labute approximate surface area is 114 Å². The van der Waals surface area contributed by atoms with Crippen LogP contribution in [0.4, 0.5) is 13.2 Å². The molecule has 1 aliphatic rings. The van der Waals surface area contributed by atoms with Gasteiger partial charge < -0.3 is 10.0 Å². The van der Waals surface area contributed by atoms with E-state index in [1.54, 1.807) is 0 Å². The number of nitrogens with zero attached hydrogens (tertiary/aromatic N) is 3. The monoisotopic (exact) mass is 291 g/mol. The van der Waals surface area contributed by atoms with Gasteiger partial charge in [0.25, 0.3) is 0 Å². The van der Waals surface area contributed by atoms with Crippen LogP contribution in [0.3, 0.4) is 0 Å². The summed E-state index contributed by atoms with van der Waals surface area (Å²) < 4.78 is 39.7. The number of alkyl halides is 3. The number of likely N-dealkylation sites (tertiary alicyclic amines) is 1. The summed E-state index contributed by atoms with van der Waals surface area (Å²) in [6.07, 6.45) is -2.13. The van der Waals surface area contributed by atoms with Crippen LogP contribution in [0, 0.1) is 5.92 Å². The summed E-state index contributed by atoms with van der Waals surface area (Å²) in [5.41, 5.74) is 0. The number of hydrogen-bond acceptors (Lipinski definition) is 3. The second-order valence-corrected chi connectivity index (χ2v) is 4.92. The fourth-order valence-electron chi connectivity index (χ4n) is 2.26. The van der Waals surface area contributed by atoms with Crippen LogP contribution in [0.5, 0.6) is 0 Å². The van der Waals surface area contributed by atoms with Crippen molar-refractivity contribution in [3.05, 3.63) is 18.5 Å². The summed E-state index contributed by atoms with van der Waals surface area (Å²) in [6, 6.07) is -0.536. The molecule has 1 aromatic rings. The topological polar surface area (TPSA) is 58.4 Å². The van der Waals surface area contributed by atoms with Crippen LogP contribution in [0.15, 0.2) is 18.5 Å². The van der Waals surface area contributed by atoms with Gasteiger partial charge in [-0.25, -0.2) is 0 Å². The van der Waals surface area contributed by atoms with Crippen LogP contribution in [-0.2, 0) is 4.79 Å². The fraction of sp³-hybridized carbons (Fsp3) is 0.667. The number of aliphatic hydroxyl groups is 1. The molecule has 0 spiro atoms. The second kappa shape index (κ2) is 5.82. The zero-order valence-electron chi connectivity index (χ0n) is 10.8. The molecule has 8 heteroatoms. The lowest BCUT2D eigenvalue weighted by Gasteiger charge is -2.40. The van der Waals surface area contributed by atoms with Gasteiger partial charge in [-0.2, -0.15) is 18.3 Å². The van der Waals surface area contributed by atoms with Crippen molar-refractivity contribution < 1.29 is 23.1 Å². The minimum Gasteiger partial charge on any atom is -0.396 e. The summed E-state index contributed by atoms with van der Waals surface area (Å²) in [5.74, 6) is -0.338. The molecule has 1 saturated heterocycles. The fourth-order valence-corrected chi connectivity index (χ4v) is 2.26. The third-order valence-electron chi connectivity index (χ3n) is 3.44. The highest BCUT2D eigenvalue weighted by atomic mass is 19.4. The lowest BCUT2D eigenvalue weighted by Crippen LogP contribution is -2.51. The Hall–Kier alpha value is -1.57. The molecule has 0 aliphatic carbocycles. The van der Waals surface area contributed by atoms with Crippen molar-refractivity contribution in [3.8, 4) is 0 Å². The van der Waals surface area contributed by atoms with Gasteiger partial charge >= 0.3 is 6.18 Å². The molecule has 112 valence electrons. The van der Waals surface area contributed by atoms with E-state index in [2.05, 4.69) is 5.10 Å². The van der Waals surface area contributed by atoms with E-state index < -0.39 is 24.5 Å². The largest absolute Gasteiger partial charge is 0.411 e. The van der Waals surface area contributed by atoms with Gasteiger partial charge in [0.2, 0.25) is 5.91 Å². The number of halogens is 3. The Morgan fingerprint density at radius 1 is 1.45 bits per heavy atom. The zero-order valence-corrected chi connectivity index (χ0v) is 10.8. The van der Waals surface area contributed by atoms with Crippen LogP contribution in [0.25, 0.3) is 0 Å². The molecule has 1 atom stereocenters. The molecule has 1 amide bonds. The lowest BCUT2D eigenvalue weighted by molar-refractivity contribution is -0.178. The van der Waals surface area contributed by atoms with E-state index in [1.165, 1.54) is 23.4 Å². The number of carbonyl (C=O) groups excluding carboxylic acids is 1. The molecule has 5 nitrogen and oxygen atoms in total. The van der Waals surface area contributed by atoms with Crippen LogP contribution in [-0.4, -0.2) is 51.6 Å².